The molecule has 0 radical (unpaired) electrons. The van der Waals surface area contributed by atoms with E-state index in [-0.39, 0.29) is 17.2 Å². The van der Waals surface area contributed by atoms with Crippen molar-refractivity contribution in [3.63, 3.8) is 0 Å². The molecular weight excluding hydrogens is 371 g/mol. The van der Waals surface area contributed by atoms with Crippen LogP contribution in [-0.4, -0.2) is 27.8 Å². The maximum absolute atomic E-state index is 14.4. The number of fused-ring (bicyclic) bond motifs is 1. The number of primary amides is 2. The van der Waals surface area contributed by atoms with Crippen molar-refractivity contribution >= 4 is 50.7 Å². The lowest BCUT2D eigenvalue weighted by atomic mass is 10.2. The fourth-order valence-corrected chi connectivity index (χ4v) is 3.35. The Kier molecular flexibility index (Phi) is 5.17. The minimum Gasteiger partial charge on any atom is -0.368 e. The molecule has 8 nitrogen and oxygen atoms in total. The molecule has 6 N–H and O–H groups in total. The van der Waals surface area contributed by atoms with E-state index in [0.717, 1.165) is 16.3 Å². The molecule has 3 rings (SSSR count). The summed E-state index contributed by atoms with van der Waals surface area (Å²) in [6.45, 7) is 1.72. The fraction of sp³-hybridized carbons (Fsp3) is 0.176. The number of nitrogens with one attached hydrogen (secondary N) is 2. The molecule has 0 fully saturated rings. The van der Waals surface area contributed by atoms with Crippen LogP contribution in [0.15, 0.2) is 29.8 Å². The number of nitrogens with zero attached hydrogens (tertiary/aromatic N) is 2. The summed E-state index contributed by atoms with van der Waals surface area (Å²) in [6, 6.07) is 3.80. The van der Waals surface area contributed by atoms with Crippen molar-refractivity contribution in [3.8, 4) is 0 Å². The number of thiophene rings is 1. The molecule has 140 valence electrons. The second-order valence-corrected chi connectivity index (χ2v) is 6.58. The Labute approximate surface area is 157 Å². The molecule has 10 heteroatoms. The highest BCUT2D eigenvalue weighted by molar-refractivity contribution is 7.17. The van der Waals surface area contributed by atoms with Crippen molar-refractivity contribution in [3.05, 3.63) is 41.2 Å². The van der Waals surface area contributed by atoms with E-state index in [2.05, 4.69) is 20.6 Å². The van der Waals surface area contributed by atoms with Gasteiger partial charge in [0.15, 0.2) is 11.6 Å². The third-order valence-electron chi connectivity index (χ3n) is 3.91. The van der Waals surface area contributed by atoms with E-state index in [1.54, 1.807) is 24.6 Å². The lowest BCUT2D eigenvalue weighted by molar-refractivity contribution is -0.118. The van der Waals surface area contributed by atoms with Crippen molar-refractivity contribution in [1.29, 1.82) is 0 Å². The van der Waals surface area contributed by atoms with Crippen LogP contribution in [0, 0.1) is 5.82 Å². The number of hydrogen-bond donors (Lipinski definition) is 4. The Hall–Kier alpha value is -3.27. The largest absolute Gasteiger partial charge is 0.368 e. The van der Waals surface area contributed by atoms with E-state index in [4.69, 9.17) is 11.5 Å². The Morgan fingerprint density at radius 3 is 2.78 bits per heavy atom. The van der Waals surface area contributed by atoms with E-state index in [1.807, 2.05) is 6.07 Å². The highest BCUT2D eigenvalue weighted by Crippen LogP contribution is 2.32. The topological polar surface area (TPSA) is 136 Å². The Morgan fingerprint density at radius 1 is 1.33 bits per heavy atom. The first-order chi connectivity index (χ1) is 12.9. The van der Waals surface area contributed by atoms with E-state index < -0.39 is 23.7 Å². The van der Waals surface area contributed by atoms with Gasteiger partial charge in [0, 0.05) is 17.0 Å². The number of carbonyl (C=O) groups is 2. The van der Waals surface area contributed by atoms with Gasteiger partial charge in [-0.3, -0.25) is 9.59 Å². The summed E-state index contributed by atoms with van der Waals surface area (Å²) in [5.74, 6) is -2.43. The lowest BCUT2D eigenvalue weighted by Crippen LogP contribution is -2.35. The highest BCUT2D eigenvalue weighted by Gasteiger charge is 2.20. The van der Waals surface area contributed by atoms with Gasteiger partial charge in [-0.05, 0) is 24.6 Å². The number of hydrogen-bond acceptors (Lipinski definition) is 7. The predicted molar refractivity (Wildman–Crippen MR) is 103 cm³/mol. The summed E-state index contributed by atoms with van der Waals surface area (Å²) < 4.78 is 14.4. The second kappa shape index (κ2) is 7.54. The lowest BCUT2D eigenvalue weighted by Gasteiger charge is -2.17. The first kappa shape index (κ1) is 18.5. The molecule has 0 spiro atoms. The van der Waals surface area contributed by atoms with Crippen molar-refractivity contribution in [2.75, 3.05) is 10.6 Å². The smallest absolute Gasteiger partial charge is 0.252 e. The first-order valence-corrected chi connectivity index (χ1v) is 8.94. The van der Waals surface area contributed by atoms with E-state index in [1.165, 1.54) is 11.3 Å². The molecule has 3 aromatic rings. The summed E-state index contributed by atoms with van der Waals surface area (Å²) in [7, 11) is 0. The number of carbonyl (C=O) groups excluding carboxylic acids is 2. The molecule has 27 heavy (non-hydrogen) atoms. The Balaban J connectivity index is 2.03. The zero-order chi connectivity index (χ0) is 19.6. The number of rotatable bonds is 7. The van der Waals surface area contributed by atoms with Gasteiger partial charge in [0.2, 0.25) is 5.91 Å². The van der Waals surface area contributed by atoms with Crippen molar-refractivity contribution < 1.29 is 14.0 Å². The molecule has 0 aliphatic carbocycles. The van der Waals surface area contributed by atoms with Crippen LogP contribution < -0.4 is 22.1 Å². The average molecular weight is 388 g/mol. The van der Waals surface area contributed by atoms with E-state index >= 15 is 0 Å². The van der Waals surface area contributed by atoms with Crippen molar-refractivity contribution in [1.82, 2.24) is 9.97 Å². The monoisotopic (exact) mass is 388 g/mol. The van der Waals surface area contributed by atoms with Crippen LogP contribution >= 0.6 is 11.3 Å². The van der Waals surface area contributed by atoms with Gasteiger partial charge in [-0.15, -0.1) is 11.3 Å². The van der Waals surface area contributed by atoms with Gasteiger partial charge >= 0.3 is 0 Å². The summed E-state index contributed by atoms with van der Waals surface area (Å²) in [5.41, 5.74) is 11.2. The zero-order valence-electron chi connectivity index (χ0n) is 14.3. The maximum atomic E-state index is 14.4. The van der Waals surface area contributed by atoms with Crippen LogP contribution in [0.2, 0.25) is 0 Å². The third-order valence-corrected chi connectivity index (χ3v) is 4.81. The zero-order valence-corrected chi connectivity index (χ0v) is 15.1. The molecular formula is C17H17FN6O2S. The predicted octanol–water partition coefficient (Wildman–Crippen LogP) is 2.35. The summed E-state index contributed by atoms with van der Waals surface area (Å²) >= 11 is 1.40. The van der Waals surface area contributed by atoms with Crippen LogP contribution in [-0.2, 0) is 4.79 Å². The number of anilines is 3. The average Bonchev–Trinajstić information content (AvgIpc) is 3.04. The van der Waals surface area contributed by atoms with Crippen LogP contribution in [0.25, 0.3) is 10.2 Å². The normalized spacial score (nSPS) is 11.9. The SMILES string of the molecule is CCC(Nc1nc(Nc2csc3ncccc23)c(C(N)=O)cc1F)C(N)=O. The number of nitrogens with two attached hydrogens (primary N) is 2. The number of halogens is 1. The van der Waals surface area contributed by atoms with Gasteiger partial charge in [-0.25, -0.2) is 14.4 Å². The third kappa shape index (κ3) is 3.80. The van der Waals surface area contributed by atoms with Gasteiger partial charge in [-0.2, -0.15) is 0 Å². The van der Waals surface area contributed by atoms with Gasteiger partial charge in [-0.1, -0.05) is 6.92 Å². The standard InChI is InChI=1S/C17H17FN6O2S/c1-2-11(14(20)26)22-16-10(18)6-9(13(19)25)15(24-16)23-12-7-27-17-8(12)4-3-5-21-17/h3-7,11H,2H2,1H3,(H2,19,25)(H2,20,26)(H2,22,23,24). The first-order valence-electron chi connectivity index (χ1n) is 8.06. The molecule has 0 aliphatic rings. The van der Waals surface area contributed by atoms with Gasteiger partial charge < -0.3 is 22.1 Å². The number of pyridine rings is 2. The van der Waals surface area contributed by atoms with Gasteiger partial charge in [0.05, 0.1) is 11.3 Å². The Bertz CT molecular complexity index is 1020. The summed E-state index contributed by atoms with van der Waals surface area (Å²) in [5, 5.41) is 8.28. The molecule has 3 heterocycles. The molecule has 0 aromatic carbocycles. The van der Waals surface area contributed by atoms with Crippen molar-refractivity contribution in [2.24, 2.45) is 11.5 Å². The van der Waals surface area contributed by atoms with Gasteiger partial charge in [0.25, 0.3) is 5.91 Å². The summed E-state index contributed by atoms with van der Waals surface area (Å²) in [6.07, 6.45) is 2.02. The molecule has 1 atom stereocenters. The van der Waals surface area contributed by atoms with Crippen molar-refractivity contribution in [2.45, 2.75) is 19.4 Å². The molecule has 3 aromatic heterocycles. The fourth-order valence-electron chi connectivity index (χ4n) is 2.50. The second-order valence-electron chi connectivity index (χ2n) is 5.72. The molecule has 0 saturated carbocycles. The molecule has 1 unspecified atom stereocenters. The number of aromatic nitrogens is 2. The highest BCUT2D eigenvalue weighted by atomic mass is 32.1. The minimum atomic E-state index is -0.838. The molecule has 2 amide bonds. The van der Waals surface area contributed by atoms with E-state index in [9.17, 15) is 14.0 Å². The number of amides is 2. The van der Waals surface area contributed by atoms with Crippen LogP contribution in [0.3, 0.4) is 0 Å². The summed E-state index contributed by atoms with van der Waals surface area (Å²) in [4.78, 5) is 32.3. The van der Waals surface area contributed by atoms with Crippen LogP contribution in [0.1, 0.15) is 23.7 Å². The van der Waals surface area contributed by atoms with Gasteiger partial charge in [0.1, 0.15) is 16.7 Å². The molecule has 0 aliphatic heterocycles. The molecule has 0 saturated heterocycles. The quantitative estimate of drug-likeness (QED) is 0.490. The van der Waals surface area contributed by atoms with Crippen LogP contribution in [0.5, 0.6) is 0 Å². The maximum Gasteiger partial charge on any atom is 0.252 e. The van der Waals surface area contributed by atoms with Crippen LogP contribution in [0.4, 0.5) is 21.7 Å². The minimum absolute atomic E-state index is 0.0641. The Morgan fingerprint density at radius 2 is 2.11 bits per heavy atom. The van der Waals surface area contributed by atoms with E-state index in [0.29, 0.717) is 12.1 Å². The molecule has 0 bridgehead atoms.